The smallest absolute Gasteiger partial charge is 0.0867 e. The Bertz CT molecular complexity index is 412. The maximum atomic E-state index is 10.0. The van der Waals surface area contributed by atoms with Gasteiger partial charge in [0.25, 0.3) is 0 Å². The normalized spacial score (nSPS) is 20.3. The van der Waals surface area contributed by atoms with Crippen LogP contribution in [0.3, 0.4) is 0 Å². The number of nitrogens with zero attached hydrogens (tertiary/aromatic N) is 2. The number of anilines is 1. The zero-order valence-corrected chi connectivity index (χ0v) is 12.0. The average molecular weight is 263 g/mol. The van der Waals surface area contributed by atoms with E-state index in [4.69, 9.17) is 5.73 Å². The summed E-state index contributed by atoms with van der Waals surface area (Å²) in [5.41, 5.74) is 7.39. The van der Waals surface area contributed by atoms with E-state index in [1.165, 1.54) is 11.3 Å². The molecule has 0 bridgehead atoms. The van der Waals surface area contributed by atoms with Crippen molar-refractivity contribution in [2.45, 2.75) is 19.4 Å². The van der Waals surface area contributed by atoms with Crippen molar-refractivity contribution in [1.82, 2.24) is 4.90 Å². The molecule has 1 heterocycles. The van der Waals surface area contributed by atoms with Crippen molar-refractivity contribution in [3.63, 3.8) is 0 Å². The molecule has 1 atom stereocenters. The lowest BCUT2D eigenvalue weighted by Crippen LogP contribution is -2.53. The Balaban J connectivity index is 1.89. The first-order valence-corrected chi connectivity index (χ1v) is 6.97. The molecule has 1 aromatic rings. The molecule has 19 heavy (non-hydrogen) atoms. The average Bonchev–Trinajstić information content (AvgIpc) is 2.39. The van der Waals surface area contributed by atoms with E-state index >= 15 is 0 Å². The first kappa shape index (κ1) is 14.3. The molecule has 106 valence electrons. The fourth-order valence-corrected chi connectivity index (χ4v) is 2.54. The first-order valence-electron chi connectivity index (χ1n) is 6.97. The van der Waals surface area contributed by atoms with Gasteiger partial charge < -0.3 is 15.7 Å². The minimum absolute atomic E-state index is 0.311. The summed E-state index contributed by atoms with van der Waals surface area (Å²) >= 11 is 0. The van der Waals surface area contributed by atoms with Crippen LogP contribution >= 0.6 is 0 Å². The molecule has 1 unspecified atom stereocenters. The van der Waals surface area contributed by atoms with Crippen molar-refractivity contribution in [2.24, 2.45) is 5.73 Å². The second-order valence-corrected chi connectivity index (χ2v) is 5.80. The summed E-state index contributed by atoms with van der Waals surface area (Å²) in [6.07, 6.45) is 0. The highest BCUT2D eigenvalue weighted by Crippen LogP contribution is 2.18. The highest BCUT2D eigenvalue weighted by molar-refractivity contribution is 5.48. The Labute approximate surface area is 115 Å². The third kappa shape index (κ3) is 3.93. The SMILES string of the molecule is Cc1cccc(N2CCN(CC(C)(O)CN)CC2)c1. The molecule has 3 N–H and O–H groups in total. The molecule has 2 rings (SSSR count). The van der Waals surface area contributed by atoms with Crippen LogP contribution in [-0.2, 0) is 0 Å². The molecule has 1 fully saturated rings. The van der Waals surface area contributed by atoms with Crippen molar-refractivity contribution < 1.29 is 5.11 Å². The minimum atomic E-state index is -0.772. The number of piperazine rings is 1. The highest BCUT2D eigenvalue weighted by atomic mass is 16.3. The van der Waals surface area contributed by atoms with E-state index in [0.29, 0.717) is 13.1 Å². The molecule has 0 radical (unpaired) electrons. The number of aliphatic hydroxyl groups is 1. The fourth-order valence-electron chi connectivity index (χ4n) is 2.54. The summed E-state index contributed by atoms with van der Waals surface area (Å²) in [6.45, 7) is 8.86. The van der Waals surface area contributed by atoms with Gasteiger partial charge in [-0.2, -0.15) is 0 Å². The maximum Gasteiger partial charge on any atom is 0.0867 e. The van der Waals surface area contributed by atoms with E-state index in [2.05, 4.69) is 41.0 Å². The van der Waals surface area contributed by atoms with Gasteiger partial charge in [-0.05, 0) is 31.5 Å². The van der Waals surface area contributed by atoms with Gasteiger partial charge in [0, 0.05) is 45.0 Å². The molecule has 1 saturated heterocycles. The predicted molar refractivity (Wildman–Crippen MR) is 79.5 cm³/mol. The van der Waals surface area contributed by atoms with E-state index in [1.54, 1.807) is 6.92 Å². The lowest BCUT2D eigenvalue weighted by molar-refractivity contribution is 0.0257. The molecule has 0 aromatic heterocycles. The molecule has 0 saturated carbocycles. The van der Waals surface area contributed by atoms with Crippen LogP contribution in [0.5, 0.6) is 0 Å². The molecule has 1 aliphatic heterocycles. The largest absolute Gasteiger partial charge is 0.388 e. The number of nitrogens with two attached hydrogens (primary N) is 1. The van der Waals surface area contributed by atoms with Crippen LogP contribution in [0.1, 0.15) is 12.5 Å². The molecule has 4 heteroatoms. The van der Waals surface area contributed by atoms with Crippen LogP contribution in [0.15, 0.2) is 24.3 Å². The first-order chi connectivity index (χ1) is 9.00. The number of benzene rings is 1. The maximum absolute atomic E-state index is 10.0. The van der Waals surface area contributed by atoms with E-state index in [9.17, 15) is 5.11 Å². The summed E-state index contributed by atoms with van der Waals surface area (Å²) in [7, 11) is 0. The fraction of sp³-hybridized carbons (Fsp3) is 0.600. The quantitative estimate of drug-likeness (QED) is 0.845. The van der Waals surface area contributed by atoms with Gasteiger partial charge in [0.15, 0.2) is 0 Å². The van der Waals surface area contributed by atoms with Gasteiger partial charge in [-0.3, -0.25) is 4.90 Å². The van der Waals surface area contributed by atoms with Gasteiger partial charge in [0.1, 0.15) is 0 Å². The van der Waals surface area contributed by atoms with E-state index in [1.807, 2.05) is 0 Å². The van der Waals surface area contributed by atoms with Crippen molar-refractivity contribution in [3.05, 3.63) is 29.8 Å². The molecule has 1 aromatic carbocycles. The molecule has 0 aliphatic carbocycles. The zero-order chi connectivity index (χ0) is 13.9. The standard InChI is InChI=1S/C15H25N3O/c1-13-4-3-5-14(10-13)18-8-6-17(7-9-18)12-15(2,19)11-16/h3-5,10,19H,6-9,11-12,16H2,1-2H3. The van der Waals surface area contributed by atoms with Crippen LogP contribution in [-0.4, -0.2) is 54.9 Å². The number of β-amino-alcohol motifs (C(OH)–C–C–N with tert-alkyl or cyclic N) is 1. The second-order valence-electron chi connectivity index (χ2n) is 5.80. The van der Waals surface area contributed by atoms with Crippen LogP contribution < -0.4 is 10.6 Å². The molecular weight excluding hydrogens is 238 g/mol. The molecule has 0 amide bonds. The molecule has 1 aliphatic rings. The van der Waals surface area contributed by atoms with E-state index in [-0.39, 0.29) is 0 Å². The van der Waals surface area contributed by atoms with E-state index in [0.717, 1.165) is 26.2 Å². The molecular formula is C15H25N3O. The van der Waals surface area contributed by atoms with Gasteiger partial charge in [-0.25, -0.2) is 0 Å². The zero-order valence-electron chi connectivity index (χ0n) is 12.0. The third-order valence-corrected chi connectivity index (χ3v) is 3.74. The summed E-state index contributed by atoms with van der Waals surface area (Å²) in [5, 5.41) is 10.0. The van der Waals surface area contributed by atoms with Gasteiger partial charge in [-0.15, -0.1) is 0 Å². The number of hydrogen-bond acceptors (Lipinski definition) is 4. The summed E-state index contributed by atoms with van der Waals surface area (Å²) < 4.78 is 0. The Morgan fingerprint density at radius 1 is 1.26 bits per heavy atom. The Kier molecular flexibility index (Phi) is 4.45. The number of hydrogen-bond donors (Lipinski definition) is 2. The number of rotatable bonds is 4. The highest BCUT2D eigenvalue weighted by Gasteiger charge is 2.25. The summed E-state index contributed by atoms with van der Waals surface area (Å²) in [6, 6.07) is 8.62. The van der Waals surface area contributed by atoms with Crippen LogP contribution in [0.25, 0.3) is 0 Å². The lowest BCUT2D eigenvalue weighted by Gasteiger charge is -2.39. The summed E-state index contributed by atoms with van der Waals surface area (Å²) in [5.74, 6) is 0. The topological polar surface area (TPSA) is 52.7 Å². The lowest BCUT2D eigenvalue weighted by atomic mass is 10.1. The van der Waals surface area contributed by atoms with Gasteiger partial charge in [0.05, 0.1) is 5.60 Å². The van der Waals surface area contributed by atoms with Crippen molar-refractivity contribution in [1.29, 1.82) is 0 Å². The Morgan fingerprint density at radius 2 is 1.95 bits per heavy atom. The minimum Gasteiger partial charge on any atom is -0.388 e. The predicted octanol–water partition coefficient (Wildman–Crippen LogP) is 0.827. The molecule has 0 spiro atoms. The Morgan fingerprint density at radius 3 is 2.53 bits per heavy atom. The molecule has 4 nitrogen and oxygen atoms in total. The van der Waals surface area contributed by atoms with Crippen LogP contribution in [0.2, 0.25) is 0 Å². The third-order valence-electron chi connectivity index (χ3n) is 3.74. The van der Waals surface area contributed by atoms with Gasteiger partial charge in [-0.1, -0.05) is 12.1 Å². The Hall–Kier alpha value is -1.10. The summed E-state index contributed by atoms with van der Waals surface area (Å²) in [4.78, 5) is 4.69. The second kappa shape index (κ2) is 5.90. The van der Waals surface area contributed by atoms with Crippen molar-refractivity contribution >= 4 is 5.69 Å². The van der Waals surface area contributed by atoms with Crippen molar-refractivity contribution in [3.8, 4) is 0 Å². The monoisotopic (exact) mass is 263 g/mol. The van der Waals surface area contributed by atoms with Crippen LogP contribution in [0.4, 0.5) is 5.69 Å². The van der Waals surface area contributed by atoms with Crippen LogP contribution in [0, 0.1) is 6.92 Å². The number of aryl methyl sites for hydroxylation is 1. The van der Waals surface area contributed by atoms with Gasteiger partial charge >= 0.3 is 0 Å². The van der Waals surface area contributed by atoms with E-state index < -0.39 is 5.60 Å². The van der Waals surface area contributed by atoms with Gasteiger partial charge in [0.2, 0.25) is 0 Å². The van der Waals surface area contributed by atoms with Crippen molar-refractivity contribution in [2.75, 3.05) is 44.2 Å².